The molecule has 1 unspecified atom stereocenters. The van der Waals surface area contributed by atoms with Crippen molar-refractivity contribution < 1.29 is 45.5 Å². The summed E-state index contributed by atoms with van der Waals surface area (Å²) in [5, 5.41) is 12.5. The lowest BCUT2D eigenvalue weighted by molar-refractivity contribution is -0.202. The number of carbonyl (C=O) groups is 4. The van der Waals surface area contributed by atoms with Crippen molar-refractivity contribution in [1.82, 2.24) is 5.32 Å². The fourth-order valence-electron chi connectivity index (χ4n) is 4.03. The van der Waals surface area contributed by atoms with Gasteiger partial charge in [0.1, 0.15) is 11.9 Å². The maximum absolute atomic E-state index is 14.1. The number of rotatable bonds is 12. The number of carbonyl (C=O) groups excluding carboxylic acids is 4. The van der Waals surface area contributed by atoms with E-state index in [9.17, 15) is 40.8 Å². The lowest BCUT2D eigenvalue weighted by atomic mass is 9.98. The molecule has 5 N–H and O–H groups in total. The molecule has 11 nitrogen and oxygen atoms in total. The molecule has 3 rings (SSSR count). The molecule has 0 bridgehead atoms. The fraction of sp³-hybridized carbons (Fsp3) is 0.250. The van der Waals surface area contributed by atoms with Gasteiger partial charge in [-0.2, -0.15) is 13.2 Å². The van der Waals surface area contributed by atoms with Crippen molar-refractivity contribution in [3.63, 3.8) is 0 Å². The molecule has 0 saturated carbocycles. The molecule has 0 aliphatic carbocycles. The summed E-state index contributed by atoms with van der Waals surface area (Å²) in [6.45, 7) is 2.71. The first-order valence-electron chi connectivity index (χ1n) is 12.9. The fourth-order valence-corrected chi connectivity index (χ4v) is 8.88. The standard InChI is InChI=1S/C28H27F3N4O7S4/c1-14-9-10-19(46(40,41)20-11-18(24(32)33)45-26(20)43-3)23(22(14)16-7-5-4-6-8-16)35-21(37)13-44-12-17(34-15(2)36)25(38)42-27(39)28(29,30)31/h4-11,17H,12-13H2,1-3H3,(H3,32,33)(H,34,36)(H,35,37). The number of anilines is 1. The van der Waals surface area contributed by atoms with Crippen molar-refractivity contribution in [2.45, 2.75) is 40.1 Å². The van der Waals surface area contributed by atoms with Crippen LogP contribution < -0.4 is 16.4 Å². The van der Waals surface area contributed by atoms with E-state index in [1.807, 2.05) is 0 Å². The van der Waals surface area contributed by atoms with Gasteiger partial charge >= 0.3 is 18.1 Å². The van der Waals surface area contributed by atoms with Crippen molar-refractivity contribution in [3.8, 4) is 11.1 Å². The second-order valence-corrected chi connectivity index (χ2v) is 14.4. The van der Waals surface area contributed by atoms with Crippen molar-refractivity contribution in [3.05, 3.63) is 59.0 Å². The summed E-state index contributed by atoms with van der Waals surface area (Å²) in [5.41, 5.74) is 7.18. The van der Waals surface area contributed by atoms with E-state index in [1.165, 1.54) is 12.1 Å². The summed E-state index contributed by atoms with van der Waals surface area (Å²) in [6, 6.07) is 11.2. The number of amides is 2. The molecule has 0 saturated heterocycles. The predicted octanol–water partition coefficient (Wildman–Crippen LogP) is 4.37. The first kappa shape index (κ1) is 36.6. The van der Waals surface area contributed by atoms with E-state index in [0.717, 1.165) is 30.0 Å². The number of alkyl halides is 3. The molecular weight excluding hydrogens is 690 g/mol. The molecule has 246 valence electrons. The minimum atomic E-state index is -5.45. The maximum Gasteiger partial charge on any atom is 0.491 e. The Morgan fingerprint density at radius 1 is 1.09 bits per heavy atom. The van der Waals surface area contributed by atoms with Gasteiger partial charge in [-0.05, 0) is 36.4 Å². The van der Waals surface area contributed by atoms with Crippen molar-refractivity contribution in [1.29, 1.82) is 5.41 Å². The van der Waals surface area contributed by atoms with Gasteiger partial charge in [0.25, 0.3) is 0 Å². The summed E-state index contributed by atoms with van der Waals surface area (Å²) in [6.07, 6.45) is -3.78. The van der Waals surface area contributed by atoms with Gasteiger partial charge in [-0.1, -0.05) is 36.4 Å². The van der Waals surface area contributed by atoms with Crippen molar-refractivity contribution >= 4 is 80.0 Å². The molecule has 1 heterocycles. The molecule has 46 heavy (non-hydrogen) atoms. The number of aryl methyl sites for hydroxylation is 1. The molecule has 2 aromatic carbocycles. The molecule has 1 aromatic heterocycles. The Morgan fingerprint density at radius 2 is 1.74 bits per heavy atom. The van der Waals surface area contributed by atoms with Crippen LogP contribution >= 0.6 is 34.9 Å². The number of thiophene rings is 1. The van der Waals surface area contributed by atoms with Crippen LogP contribution in [0.15, 0.2) is 62.5 Å². The van der Waals surface area contributed by atoms with E-state index in [-0.39, 0.29) is 26.2 Å². The average Bonchev–Trinajstić information content (AvgIpc) is 3.42. The van der Waals surface area contributed by atoms with Crippen LogP contribution in [0.2, 0.25) is 0 Å². The number of hydrogen-bond donors (Lipinski definition) is 4. The molecular formula is C28H27F3N4O7S4. The molecule has 18 heteroatoms. The van der Waals surface area contributed by atoms with Crippen LogP contribution in [0.4, 0.5) is 18.9 Å². The average molecular weight is 717 g/mol. The highest BCUT2D eigenvalue weighted by Gasteiger charge is 2.43. The van der Waals surface area contributed by atoms with E-state index in [4.69, 9.17) is 11.1 Å². The summed E-state index contributed by atoms with van der Waals surface area (Å²) in [5.74, 6) is -7.20. The van der Waals surface area contributed by atoms with Crippen LogP contribution in [-0.2, 0) is 33.8 Å². The largest absolute Gasteiger partial charge is 0.491 e. The second-order valence-electron chi connectivity index (χ2n) is 9.40. The van der Waals surface area contributed by atoms with Crippen LogP contribution in [0.3, 0.4) is 0 Å². The third-order valence-corrected chi connectivity index (χ3v) is 11.4. The van der Waals surface area contributed by atoms with Gasteiger partial charge in [-0.15, -0.1) is 34.9 Å². The number of halogens is 3. The highest BCUT2D eigenvalue weighted by molar-refractivity contribution is 8.01. The van der Waals surface area contributed by atoms with Crippen LogP contribution in [0.5, 0.6) is 0 Å². The Labute approximate surface area is 274 Å². The number of sulfone groups is 1. The first-order valence-corrected chi connectivity index (χ1v) is 17.6. The summed E-state index contributed by atoms with van der Waals surface area (Å²) in [7, 11) is -4.32. The van der Waals surface area contributed by atoms with Crippen LogP contribution in [-0.4, -0.2) is 68.0 Å². The van der Waals surface area contributed by atoms with Gasteiger partial charge in [-0.25, -0.2) is 18.0 Å². The molecule has 2 amide bonds. The number of nitrogens with one attached hydrogen (secondary N) is 3. The van der Waals surface area contributed by atoms with Crippen LogP contribution in [0, 0.1) is 12.3 Å². The molecule has 0 aliphatic rings. The number of ether oxygens (including phenoxy) is 1. The number of nitrogens with two attached hydrogens (primary N) is 1. The lowest BCUT2D eigenvalue weighted by Crippen LogP contribution is -2.45. The minimum Gasteiger partial charge on any atom is -0.385 e. The Bertz CT molecular complexity index is 1780. The number of esters is 2. The summed E-state index contributed by atoms with van der Waals surface area (Å²) >= 11 is 2.89. The van der Waals surface area contributed by atoms with E-state index < -0.39 is 57.3 Å². The number of benzene rings is 2. The number of thioether (sulfide) groups is 2. The van der Waals surface area contributed by atoms with Crippen LogP contribution in [0.25, 0.3) is 11.1 Å². The summed E-state index contributed by atoms with van der Waals surface area (Å²) < 4.78 is 70.1. The number of amidine groups is 1. The zero-order chi connectivity index (χ0) is 34.4. The predicted molar refractivity (Wildman–Crippen MR) is 170 cm³/mol. The molecule has 0 spiro atoms. The Kier molecular flexibility index (Phi) is 12.0. The lowest BCUT2D eigenvalue weighted by Gasteiger charge is -2.19. The molecule has 0 aliphatic heterocycles. The molecule has 3 aromatic rings. The molecule has 1 atom stereocenters. The van der Waals surface area contributed by atoms with E-state index in [2.05, 4.69) is 15.4 Å². The van der Waals surface area contributed by atoms with Crippen LogP contribution in [0.1, 0.15) is 17.4 Å². The monoisotopic (exact) mass is 716 g/mol. The zero-order valence-corrected chi connectivity index (χ0v) is 27.6. The maximum atomic E-state index is 14.1. The number of hydrogen-bond acceptors (Lipinski definition) is 11. The zero-order valence-electron chi connectivity index (χ0n) is 24.3. The highest BCUT2D eigenvalue weighted by Crippen LogP contribution is 2.42. The Hall–Kier alpha value is -3.87. The molecule has 0 fully saturated rings. The van der Waals surface area contributed by atoms with Gasteiger partial charge < -0.3 is 21.1 Å². The Balaban J connectivity index is 1.97. The Morgan fingerprint density at radius 3 is 2.30 bits per heavy atom. The van der Waals surface area contributed by atoms with E-state index >= 15 is 0 Å². The van der Waals surface area contributed by atoms with Crippen molar-refractivity contribution in [2.24, 2.45) is 5.73 Å². The third-order valence-electron chi connectivity index (χ3n) is 6.00. The smallest absolute Gasteiger partial charge is 0.385 e. The van der Waals surface area contributed by atoms with Gasteiger partial charge in [-0.3, -0.25) is 15.0 Å². The number of nitrogen functional groups attached to an aromatic ring is 1. The highest BCUT2D eigenvalue weighted by atomic mass is 32.2. The van der Waals surface area contributed by atoms with Gasteiger partial charge in [0.15, 0.2) is 0 Å². The van der Waals surface area contributed by atoms with Gasteiger partial charge in [0.05, 0.1) is 30.3 Å². The summed E-state index contributed by atoms with van der Waals surface area (Å²) in [4.78, 5) is 47.9. The third kappa shape index (κ3) is 8.89. The molecule has 0 radical (unpaired) electrons. The normalized spacial score (nSPS) is 12.2. The van der Waals surface area contributed by atoms with Crippen molar-refractivity contribution in [2.75, 3.05) is 23.1 Å². The topological polar surface area (TPSA) is 186 Å². The van der Waals surface area contributed by atoms with E-state index in [1.54, 1.807) is 49.6 Å². The quantitative estimate of drug-likeness (QED) is 0.0690. The van der Waals surface area contributed by atoms with Gasteiger partial charge in [0.2, 0.25) is 21.7 Å². The minimum absolute atomic E-state index is 0.0481. The second kappa shape index (κ2) is 15.1. The van der Waals surface area contributed by atoms with E-state index in [0.29, 0.717) is 32.7 Å². The SMILES string of the molecule is CSc1sc(C(=N)N)cc1S(=O)(=O)c1ccc(C)c(-c2ccccc2)c1NC(=O)CSCC(NC(C)=O)C(=O)OC(=O)C(F)(F)F. The van der Waals surface area contributed by atoms with Gasteiger partial charge in [0, 0.05) is 18.2 Å². The first-order chi connectivity index (χ1) is 21.5.